The number of carbonyl (C=O) groups excluding carboxylic acids is 1. The van der Waals surface area contributed by atoms with Crippen LogP contribution < -0.4 is 5.32 Å². The van der Waals surface area contributed by atoms with Crippen LogP contribution >= 0.6 is 0 Å². The molecule has 1 N–H and O–H groups in total. The van der Waals surface area contributed by atoms with Gasteiger partial charge in [0.15, 0.2) is 0 Å². The highest BCUT2D eigenvalue weighted by Gasteiger charge is 2.26. The topological polar surface area (TPSA) is 63.1 Å². The molecule has 1 aliphatic rings. The van der Waals surface area contributed by atoms with Crippen molar-refractivity contribution in [1.29, 1.82) is 0 Å². The van der Waals surface area contributed by atoms with Crippen LogP contribution in [0.4, 0.5) is 0 Å². The Morgan fingerprint density at radius 2 is 1.93 bits per heavy atom. The van der Waals surface area contributed by atoms with Crippen LogP contribution in [0.25, 0.3) is 0 Å². The molecule has 146 valence electrons. The van der Waals surface area contributed by atoms with E-state index in [9.17, 15) is 4.79 Å². The lowest BCUT2D eigenvalue weighted by atomic mass is 9.92. The van der Waals surface area contributed by atoms with Crippen LogP contribution in [0.15, 0.2) is 36.7 Å². The zero-order chi connectivity index (χ0) is 19.2. The van der Waals surface area contributed by atoms with Crippen molar-refractivity contribution in [2.24, 2.45) is 18.9 Å². The van der Waals surface area contributed by atoms with Crippen LogP contribution in [-0.2, 0) is 18.4 Å². The summed E-state index contributed by atoms with van der Waals surface area (Å²) in [6.07, 6.45) is 4.30. The van der Waals surface area contributed by atoms with E-state index in [0.29, 0.717) is 12.3 Å². The minimum absolute atomic E-state index is 0.0943. The van der Waals surface area contributed by atoms with Crippen molar-refractivity contribution in [3.63, 3.8) is 0 Å². The molecule has 6 heteroatoms. The molecule has 1 atom stereocenters. The van der Waals surface area contributed by atoms with Gasteiger partial charge in [-0.3, -0.25) is 14.4 Å². The van der Waals surface area contributed by atoms with Crippen LogP contribution in [0.1, 0.15) is 50.5 Å². The Morgan fingerprint density at radius 3 is 2.52 bits per heavy atom. The van der Waals surface area contributed by atoms with Crippen molar-refractivity contribution in [3.8, 4) is 0 Å². The first-order chi connectivity index (χ1) is 13.0. The lowest BCUT2D eigenvalue weighted by Crippen LogP contribution is -2.37. The molecule has 0 aliphatic carbocycles. The largest absolute Gasteiger partial charge is 0.346 e. The molecule has 1 aliphatic heterocycles. The lowest BCUT2D eigenvalue weighted by molar-refractivity contribution is -0.123. The highest BCUT2D eigenvalue weighted by atomic mass is 16.1. The molecular weight excluding hydrogens is 338 g/mol. The van der Waals surface area contributed by atoms with Crippen molar-refractivity contribution in [2.45, 2.75) is 45.7 Å². The molecule has 1 amide bonds. The standard InChI is InChI=1S/C21H31N5O/c1-16(2)20(21-22-15-23-25(21)3)24-19(27)13-17-9-11-26(12-10-17)14-18-7-5-4-6-8-18/h4-8,15-17,20H,9-14H2,1-3H3,(H,24,27)/t20-/m1/s1. The molecule has 0 spiro atoms. The molecule has 0 radical (unpaired) electrons. The molecule has 27 heavy (non-hydrogen) atoms. The minimum Gasteiger partial charge on any atom is -0.346 e. The van der Waals surface area contributed by atoms with Crippen LogP contribution in [0, 0.1) is 11.8 Å². The molecular formula is C21H31N5O. The van der Waals surface area contributed by atoms with Crippen LogP contribution in [0.5, 0.6) is 0 Å². The molecule has 1 aromatic heterocycles. The number of nitrogens with zero attached hydrogens (tertiary/aromatic N) is 4. The van der Waals surface area contributed by atoms with Gasteiger partial charge in [0, 0.05) is 20.0 Å². The molecule has 1 fully saturated rings. The number of rotatable bonds is 7. The van der Waals surface area contributed by atoms with E-state index in [1.807, 2.05) is 7.05 Å². The number of hydrogen-bond acceptors (Lipinski definition) is 4. The summed E-state index contributed by atoms with van der Waals surface area (Å²) in [6, 6.07) is 10.5. The summed E-state index contributed by atoms with van der Waals surface area (Å²) < 4.78 is 1.74. The monoisotopic (exact) mass is 369 g/mol. The summed E-state index contributed by atoms with van der Waals surface area (Å²) >= 11 is 0. The Morgan fingerprint density at radius 1 is 1.22 bits per heavy atom. The van der Waals surface area contributed by atoms with Gasteiger partial charge in [0.1, 0.15) is 12.2 Å². The first-order valence-electron chi connectivity index (χ1n) is 9.92. The molecule has 0 saturated carbocycles. The van der Waals surface area contributed by atoms with Crippen molar-refractivity contribution >= 4 is 5.91 Å². The van der Waals surface area contributed by atoms with E-state index in [1.54, 1.807) is 11.0 Å². The number of aryl methyl sites for hydroxylation is 1. The van der Waals surface area contributed by atoms with E-state index in [0.717, 1.165) is 38.3 Å². The highest BCUT2D eigenvalue weighted by Crippen LogP contribution is 2.24. The second kappa shape index (κ2) is 9.13. The number of amides is 1. The van der Waals surface area contributed by atoms with Gasteiger partial charge in [-0.05, 0) is 43.3 Å². The van der Waals surface area contributed by atoms with E-state index < -0.39 is 0 Å². The van der Waals surface area contributed by atoms with Gasteiger partial charge in [-0.1, -0.05) is 44.2 Å². The number of likely N-dealkylation sites (tertiary alicyclic amines) is 1. The Labute approximate surface area is 162 Å². The molecule has 0 unspecified atom stereocenters. The summed E-state index contributed by atoms with van der Waals surface area (Å²) in [5.41, 5.74) is 1.36. The van der Waals surface area contributed by atoms with Gasteiger partial charge in [0.25, 0.3) is 0 Å². The summed E-state index contributed by atoms with van der Waals surface area (Å²) in [5.74, 6) is 1.67. The minimum atomic E-state index is -0.0943. The molecule has 1 aromatic carbocycles. The van der Waals surface area contributed by atoms with Crippen molar-refractivity contribution in [2.75, 3.05) is 13.1 Å². The van der Waals surface area contributed by atoms with E-state index in [2.05, 4.69) is 64.5 Å². The zero-order valence-corrected chi connectivity index (χ0v) is 16.6. The quantitative estimate of drug-likeness (QED) is 0.815. The second-order valence-electron chi connectivity index (χ2n) is 7.94. The van der Waals surface area contributed by atoms with Crippen molar-refractivity contribution < 1.29 is 4.79 Å². The number of aromatic nitrogens is 3. The van der Waals surface area contributed by atoms with Crippen molar-refractivity contribution in [3.05, 3.63) is 48.0 Å². The third-order valence-electron chi connectivity index (χ3n) is 5.44. The number of hydrogen-bond donors (Lipinski definition) is 1. The highest BCUT2D eigenvalue weighted by molar-refractivity contribution is 5.76. The third kappa shape index (κ3) is 5.39. The maximum absolute atomic E-state index is 12.6. The van der Waals surface area contributed by atoms with Gasteiger partial charge < -0.3 is 5.32 Å². The SMILES string of the molecule is CC(C)[C@@H](NC(=O)CC1CCN(Cc2ccccc2)CC1)c1ncnn1C. The maximum Gasteiger partial charge on any atom is 0.220 e. The van der Waals surface area contributed by atoms with E-state index >= 15 is 0 Å². The van der Waals surface area contributed by atoms with Gasteiger partial charge in [-0.15, -0.1) is 0 Å². The average Bonchev–Trinajstić information content (AvgIpc) is 3.07. The van der Waals surface area contributed by atoms with Crippen molar-refractivity contribution in [1.82, 2.24) is 25.0 Å². The molecule has 2 aromatic rings. The first-order valence-corrected chi connectivity index (χ1v) is 9.92. The van der Waals surface area contributed by atoms with Gasteiger partial charge in [-0.25, -0.2) is 4.98 Å². The summed E-state index contributed by atoms with van der Waals surface area (Å²) in [6.45, 7) is 7.32. The lowest BCUT2D eigenvalue weighted by Gasteiger charge is -2.32. The predicted molar refractivity (Wildman–Crippen MR) is 106 cm³/mol. The summed E-state index contributed by atoms with van der Waals surface area (Å²) in [7, 11) is 1.87. The smallest absolute Gasteiger partial charge is 0.220 e. The Hall–Kier alpha value is -2.21. The van der Waals surface area contributed by atoms with E-state index in [1.165, 1.54) is 5.56 Å². The third-order valence-corrected chi connectivity index (χ3v) is 5.44. The van der Waals surface area contributed by atoms with Gasteiger partial charge in [-0.2, -0.15) is 5.10 Å². The molecule has 2 heterocycles. The van der Waals surface area contributed by atoms with Crippen LogP contribution in [0.3, 0.4) is 0 Å². The number of nitrogens with one attached hydrogen (secondary N) is 1. The normalized spacial score (nSPS) is 17.2. The van der Waals surface area contributed by atoms with E-state index in [4.69, 9.17) is 0 Å². The second-order valence-corrected chi connectivity index (χ2v) is 7.94. The van der Waals surface area contributed by atoms with Crippen LogP contribution in [-0.4, -0.2) is 38.7 Å². The average molecular weight is 370 g/mol. The van der Waals surface area contributed by atoms with E-state index in [-0.39, 0.29) is 17.9 Å². The first kappa shape index (κ1) is 19.5. The molecule has 3 rings (SSSR count). The molecule has 6 nitrogen and oxygen atoms in total. The zero-order valence-electron chi connectivity index (χ0n) is 16.6. The Balaban J connectivity index is 1.47. The fourth-order valence-electron chi connectivity index (χ4n) is 3.80. The summed E-state index contributed by atoms with van der Waals surface area (Å²) in [5, 5.41) is 7.32. The van der Waals surface area contributed by atoms with Crippen LogP contribution in [0.2, 0.25) is 0 Å². The number of carbonyl (C=O) groups is 1. The number of benzene rings is 1. The summed E-state index contributed by atoms with van der Waals surface area (Å²) in [4.78, 5) is 19.4. The predicted octanol–water partition coefficient (Wildman–Crippen LogP) is 2.93. The van der Waals surface area contributed by atoms with Gasteiger partial charge >= 0.3 is 0 Å². The fourth-order valence-corrected chi connectivity index (χ4v) is 3.80. The number of piperidine rings is 1. The fraction of sp³-hybridized carbons (Fsp3) is 0.571. The Kier molecular flexibility index (Phi) is 6.61. The van der Waals surface area contributed by atoms with Gasteiger partial charge in [0.05, 0.1) is 6.04 Å². The van der Waals surface area contributed by atoms with Gasteiger partial charge in [0.2, 0.25) is 5.91 Å². The maximum atomic E-state index is 12.6. The molecule has 1 saturated heterocycles. The molecule has 0 bridgehead atoms. The Bertz CT molecular complexity index is 719.